The monoisotopic (exact) mass is 666 g/mol. The summed E-state index contributed by atoms with van der Waals surface area (Å²) < 4.78 is 12.6. The second kappa shape index (κ2) is 9.82. The van der Waals surface area contributed by atoms with Gasteiger partial charge in [0, 0.05) is 38.3 Å². The summed E-state index contributed by atoms with van der Waals surface area (Å²) in [6.45, 7) is 13.1. The average molecular weight is 667 g/mol. The number of aliphatic imine (C=N–C) groups is 1. The molecule has 6 heteroatoms. The molecule has 194 valence electrons. The molecule has 1 aliphatic carbocycles. The molecular formula is C30H35N2O3Pt-. The van der Waals surface area contributed by atoms with Crippen LogP contribution in [0.25, 0.3) is 10.9 Å². The largest absolute Gasteiger partial charge is 0.515 e. The third kappa shape index (κ3) is 5.62. The Morgan fingerprint density at radius 1 is 1.08 bits per heavy atom. The molecule has 1 aromatic heterocycles. The number of pyridine rings is 1. The van der Waals surface area contributed by atoms with E-state index in [1.807, 2.05) is 31.2 Å². The van der Waals surface area contributed by atoms with Crippen LogP contribution in [0.3, 0.4) is 0 Å². The summed E-state index contributed by atoms with van der Waals surface area (Å²) >= 11 is 0. The van der Waals surface area contributed by atoms with Crippen molar-refractivity contribution in [1.82, 2.24) is 4.98 Å². The normalized spacial score (nSPS) is 21.1. The van der Waals surface area contributed by atoms with Crippen molar-refractivity contribution in [1.29, 1.82) is 0 Å². The molecule has 2 aromatic carbocycles. The van der Waals surface area contributed by atoms with Gasteiger partial charge < -0.3 is 14.6 Å². The number of hydrogen-bond donors (Lipinski definition) is 1. The maximum absolute atomic E-state index is 10.4. The zero-order valence-electron chi connectivity index (χ0n) is 21.9. The fourth-order valence-corrected chi connectivity index (χ4v) is 4.98. The van der Waals surface area contributed by atoms with Gasteiger partial charge in [-0.05, 0) is 67.2 Å². The molecule has 5 rings (SSSR count). The van der Waals surface area contributed by atoms with Crippen LogP contribution in [0.2, 0.25) is 0 Å². The fourth-order valence-electron chi connectivity index (χ4n) is 4.98. The Morgan fingerprint density at radius 3 is 2.58 bits per heavy atom. The minimum absolute atomic E-state index is 0. The number of aromatic nitrogens is 1. The van der Waals surface area contributed by atoms with E-state index in [1.165, 1.54) is 0 Å². The van der Waals surface area contributed by atoms with Crippen molar-refractivity contribution in [3.05, 3.63) is 59.2 Å². The quantitative estimate of drug-likeness (QED) is 0.299. The Labute approximate surface area is 228 Å². The molecule has 0 saturated heterocycles. The molecule has 1 fully saturated rings. The number of ether oxygens (including phenoxy) is 2. The summed E-state index contributed by atoms with van der Waals surface area (Å²) in [5.74, 6) is 1.78. The van der Waals surface area contributed by atoms with E-state index >= 15 is 0 Å². The number of nitrogens with zero attached hydrogens (tertiary/aromatic N) is 2. The minimum Gasteiger partial charge on any atom is -0.515 e. The molecule has 3 aromatic rings. The molecule has 0 unspecified atom stereocenters. The Hall–Kier alpha value is -2.39. The van der Waals surface area contributed by atoms with Gasteiger partial charge in [-0.1, -0.05) is 52.3 Å². The van der Waals surface area contributed by atoms with E-state index < -0.39 is 0 Å². The zero-order chi connectivity index (χ0) is 25.0. The van der Waals surface area contributed by atoms with Crippen LogP contribution in [0.5, 0.6) is 17.4 Å². The molecule has 2 atom stereocenters. The zero-order valence-corrected chi connectivity index (χ0v) is 24.2. The first-order chi connectivity index (χ1) is 16.5. The predicted octanol–water partition coefficient (Wildman–Crippen LogP) is 7.25. The van der Waals surface area contributed by atoms with Crippen molar-refractivity contribution in [2.75, 3.05) is 0 Å². The summed E-state index contributed by atoms with van der Waals surface area (Å²) in [6, 6.07) is 15.1. The summed E-state index contributed by atoms with van der Waals surface area (Å²) in [5, 5.41) is 11.3. The molecule has 2 heterocycles. The van der Waals surface area contributed by atoms with Gasteiger partial charge in [0.2, 0.25) is 5.88 Å². The first kappa shape index (κ1) is 26.7. The van der Waals surface area contributed by atoms with Crippen molar-refractivity contribution in [3.8, 4) is 17.4 Å². The van der Waals surface area contributed by atoms with Gasteiger partial charge in [0.1, 0.15) is 23.3 Å². The summed E-state index contributed by atoms with van der Waals surface area (Å²) in [7, 11) is 0. The van der Waals surface area contributed by atoms with E-state index in [0.717, 1.165) is 47.8 Å². The minimum atomic E-state index is -0.0952. The molecule has 1 saturated carbocycles. The molecule has 0 radical (unpaired) electrons. The number of hydrogen-bond acceptors (Lipinski definition) is 5. The standard InChI is InChI=1S/C30H35N2O3.Pt/c1-18-13-19-7-8-26(32-27(19)24(33)14-18)34-22-16-20(15-21(17-22)29(2,3)4)28-31-23-9-11-30(5,6)12-10-25(23)35-28;/h7-8,13-15,17,23,25,33H,9-12H2,1-6H3;/q-1;/t23-,25+;/m0./s1. The molecule has 5 nitrogen and oxygen atoms in total. The van der Waals surface area contributed by atoms with Gasteiger partial charge in [-0.25, -0.2) is 4.98 Å². The number of phenols is 1. The number of benzene rings is 2. The Morgan fingerprint density at radius 2 is 1.83 bits per heavy atom. The molecule has 36 heavy (non-hydrogen) atoms. The molecule has 0 spiro atoms. The fraction of sp³-hybridized carbons (Fsp3) is 0.467. The van der Waals surface area contributed by atoms with Crippen molar-refractivity contribution < 1.29 is 35.6 Å². The summed E-state index contributed by atoms with van der Waals surface area (Å²) in [6.07, 6.45) is 4.52. The van der Waals surface area contributed by atoms with Crippen LogP contribution in [0.15, 0.2) is 41.4 Å². The number of fused-ring (bicyclic) bond motifs is 2. The van der Waals surface area contributed by atoms with Gasteiger partial charge >= 0.3 is 0 Å². The molecule has 2 aliphatic rings. The van der Waals surface area contributed by atoms with Crippen LogP contribution in [-0.2, 0) is 31.2 Å². The van der Waals surface area contributed by atoms with E-state index in [9.17, 15) is 5.11 Å². The van der Waals surface area contributed by atoms with Gasteiger partial charge in [-0.3, -0.25) is 4.99 Å². The van der Waals surface area contributed by atoms with Crippen LogP contribution in [0.1, 0.15) is 77.0 Å². The maximum atomic E-state index is 10.4. The van der Waals surface area contributed by atoms with E-state index in [4.69, 9.17) is 14.5 Å². The predicted molar refractivity (Wildman–Crippen MR) is 140 cm³/mol. The van der Waals surface area contributed by atoms with Crippen molar-refractivity contribution in [2.24, 2.45) is 10.4 Å². The van der Waals surface area contributed by atoms with Gasteiger partial charge in [0.25, 0.3) is 0 Å². The van der Waals surface area contributed by atoms with Crippen LogP contribution in [0, 0.1) is 18.4 Å². The van der Waals surface area contributed by atoms with Crippen LogP contribution in [0.4, 0.5) is 0 Å². The molecule has 1 aliphatic heterocycles. The Kier molecular flexibility index (Phi) is 7.27. The molecule has 1 N–H and O–H groups in total. The third-order valence-corrected chi connectivity index (χ3v) is 7.24. The van der Waals surface area contributed by atoms with E-state index in [-0.39, 0.29) is 44.4 Å². The van der Waals surface area contributed by atoms with Crippen molar-refractivity contribution in [3.63, 3.8) is 0 Å². The van der Waals surface area contributed by atoms with E-state index in [2.05, 4.69) is 51.7 Å². The first-order valence-corrected chi connectivity index (χ1v) is 12.6. The molecule has 0 bridgehead atoms. The SMILES string of the molecule is Cc1cc(O)c2nc(Oc3[c-]c(C4=N[C@H]5CCC(C)(C)CC[C@H]5O4)cc(C(C)(C)C)c3)ccc2c1.[Pt]. The number of phenolic OH excluding ortho intramolecular Hbond substituents is 1. The average Bonchev–Trinajstić information content (AvgIpc) is 3.13. The number of aromatic hydroxyl groups is 1. The van der Waals surface area contributed by atoms with Gasteiger partial charge in [0.15, 0.2) is 0 Å². The van der Waals surface area contributed by atoms with Crippen LogP contribution >= 0.6 is 0 Å². The summed E-state index contributed by atoms with van der Waals surface area (Å²) in [5.41, 5.74) is 3.69. The Balaban J connectivity index is 0.00000304. The van der Waals surface area contributed by atoms with E-state index in [0.29, 0.717) is 28.5 Å². The van der Waals surface area contributed by atoms with Crippen molar-refractivity contribution in [2.45, 2.75) is 84.8 Å². The third-order valence-electron chi connectivity index (χ3n) is 7.24. The topological polar surface area (TPSA) is 63.9 Å². The van der Waals surface area contributed by atoms with Crippen LogP contribution in [-0.4, -0.2) is 28.1 Å². The number of rotatable bonds is 3. The second-order valence-electron chi connectivity index (χ2n) is 11.9. The Bertz CT molecular complexity index is 1310. The summed E-state index contributed by atoms with van der Waals surface area (Å²) in [4.78, 5) is 9.56. The molecule has 0 amide bonds. The second-order valence-corrected chi connectivity index (χ2v) is 11.9. The smallest absolute Gasteiger partial charge is 0.217 e. The van der Waals surface area contributed by atoms with E-state index in [1.54, 1.807) is 6.07 Å². The first-order valence-electron chi connectivity index (χ1n) is 12.6. The molecular weight excluding hydrogens is 631 g/mol. The van der Waals surface area contributed by atoms with Crippen molar-refractivity contribution >= 4 is 16.8 Å². The maximum Gasteiger partial charge on any atom is 0.217 e. The van der Waals surface area contributed by atoms with Gasteiger partial charge in [-0.2, -0.15) is 0 Å². The van der Waals surface area contributed by atoms with Gasteiger partial charge in [-0.15, -0.1) is 11.6 Å². The number of aryl methyl sites for hydroxylation is 1. The van der Waals surface area contributed by atoms with Crippen LogP contribution < -0.4 is 4.74 Å². The van der Waals surface area contributed by atoms with Gasteiger partial charge in [0.05, 0.1) is 6.04 Å².